The van der Waals surface area contributed by atoms with Crippen molar-refractivity contribution in [2.75, 3.05) is 24.5 Å². The molecule has 0 spiro atoms. The van der Waals surface area contributed by atoms with Gasteiger partial charge in [-0.05, 0) is 44.9 Å². The average Bonchev–Trinajstić information content (AvgIpc) is 2.39. The maximum atomic E-state index is 10.3. The molecule has 0 amide bonds. The number of rotatable bonds is 5. The first-order valence-electron chi connectivity index (χ1n) is 7.49. The molecule has 20 heavy (non-hydrogen) atoms. The van der Waals surface area contributed by atoms with Gasteiger partial charge in [0.05, 0.1) is 5.60 Å². The van der Waals surface area contributed by atoms with Crippen LogP contribution >= 0.6 is 11.6 Å². The Hall–Kier alpha value is -0.770. The highest BCUT2D eigenvalue weighted by molar-refractivity contribution is 6.31. The number of nitrogens with one attached hydrogen (secondary N) is 1. The van der Waals surface area contributed by atoms with Crippen LogP contribution in [-0.4, -0.2) is 30.3 Å². The molecule has 1 saturated heterocycles. The van der Waals surface area contributed by atoms with Gasteiger partial charge in [0, 0.05) is 35.9 Å². The molecule has 1 aromatic rings. The van der Waals surface area contributed by atoms with Crippen LogP contribution in [0.1, 0.15) is 38.7 Å². The van der Waals surface area contributed by atoms with Gasteiger partial charge in [0.15, 0.2) is 0 Å². The van der Waals surface area contributed by atoms with Gasteiger partial charge in [0.1, 0.15) is 0 Å². The summed E-state index contributed by atoms with van der Waals surface area (Å²) in [5.41, 5.74) is 1.69. The topological polar surface area (TPSA) is 35.5 Å². The van der Waals surface area contributed by atoms with Crippen LogP contribution in [0.3, 0.4) is 0 Å². The van der Waals surface area contributed by atoms with Gasteiger partial charge in [-0.3, -0.25) is 0 Å². The van der Waals surface area contributed by atoms with E-state index in [-0.39, 0.29) is 0 Å². The standard InChI is InChI=1S/C16H25ClN2O/c1-3-9-18-11-13-14(17)6-4-7-15(13)19-10-5-8-16(2,20)12-19/h4,6-7,18,20H,3,5,8-12H2,1-2H3. The highest BCUT2D eigenvalue weighted by Gasteiger charge is 2.29. The van der Waals surface area contributed by atoms with Gasteiger partial charge in [-0.1, -0.05) is 24.6 Å². The normalized spacial score (nSPS) is 23.1. The number of piperidine rings is 1. The van der Waals surface area contributed by atoms with E-state index in [1.54, 1.807) is 0 Å². The highest BCUT2D eigenvalue weighted by Crippen LogP contribution is 2.31. The lowest BCUT2D eigenvalue weighted by atomic mass is 9.94. The molecule has 1 heterocycles. The molecule has 0 aliphatic carbocycles. The van der Waals surface area contributed by atoms with Gasteiger partial charge in [-0.25, -0.2) is 0 Å². The zero-order valence-corrected chi connectivity index (χ0v) is 13.2. The predicted octanol–water partition coefficient (Wildman–Crippen LogP) is 3.19. The summed E-state index contributed by atoms with van der Waals surface area (Å²) in [4.78, 5) is 2.26. The van der Waals surface area contributed by atoms with Crippen LogP contribution in [0.2, 0.25) is 5.02 Å². The third kappa shape index (κ3) is 3.87. The van der Waals surface area contributed by atoms with Crippen molar-refractivity contribution >= 4 is 17.3 Å². The maximum Gasteiger partial charge on any atom is 0.0794 e. The summed E-state index contributed by atoms with van der Waals surface area (Å²) in [5.74, 6) is 0. The lowest BCUT2D eigenvalue weighted by Gasteiger charge is -2.39. The number of hydrogen-bond donors (Lipinski definition) is 2. The van der Waals surface area contributed by atoms with Crippen LogP contribution < -0.4 is 10.2 Å². The molecule has 0 saturated carbocycles. The van der Waals surface area contributed by atoms with E-state index in [1.165, 1.54) is 0 Å². The zero-order chi connectivity index (χ0) is 14.6. The largest absolute Gasteiger partial charge is 0.388 e. The lowest BCUT2D eigenvalue weighted by Crippen LogP contribution is -2.46. The van der Waals surface area contributed by atoms with E-state index in [0.29, 0.717) is 6.54 Å². The first kappa shape index (κ1) is 15.6. The van der Waals surface area contributed by atoms with Crippen molar-refractivity contribution in [3.05, 3.63) is 28.8 Å². The van der Waals surface area contributed by atoms with Crippen LogP contribution in [0.15, 0.2) is 18.2 Å². The molecule has 2 rings (SSSR count). The minimum Gasteiger partial charge on any atom is -0.388 e. The van der Waals surface area contributed by atoms with Gasteiger partial charge in [-0.15, -0.1) is 0 Å². The quantitative estimate of drug-likeness (QED) is 0.819. The second kappa shape index (κ2) is 6.79. The van der Waals surface area contributed by atoms with Crippen LogP contribution in [0.5, 0.6) is 0 Å². The fraction of sp³-hybridized carbons (Fsp3) is 0.625. The number of β-amino-alcohol motifs (C(OH)–C–C–N with tert-alkyl or cyclic N) is 1. The second-order valence-corrected chi connectivity index (χ2v) is 6.34. The van der Waals surface area contributed by atoms with Gasteiger partial charge < -0.3 is 15.3 Å². The molecule has 1 atom stereocenters. The van der Waals surface area contributed by atoms with Crippen molar-refractivity contribution in [1.29, 1.82) is 0 Å². The summed E-state index contributed by atoms with van der Waals surface area (Å²) >= 11 is 6.37. The second-order valence-electron chi connectivity index (χ2n) is 5.94. The summed E-state index contributed by atoms with van der Waals surface area (Å²) in [7, 11) is 0. The summed E-state index contributed by atoms with van der Waals surface area (Å²) in [6.07, 6.45) is 2.99. The smallest absolute Gasteiger partial charge is 0.0794 e. The number of nitrogens with zero attached hydrogens (tertiary/aromatic N) is 1. The van der Waals surface area contributed by atoms with E-state index >= 15 is 0 Å². The van der Waals surface area contributed by atoms with Gasteiger partial charge in [0.2, 0.25) is 0 Å². The summed E-state index contributed by atoms with van der Waals surface area (Å²) < 4.78 is 0. The summed E-state index contributed by atoms with van der Waals surface area (Å²) in [6.45, 7) is 7.50. The van der Waals surface area contributed by atoms with E-state index in [0.717, 1.165) is 55.2 Å². The van der Waals surface area contributed by atoms with Crippen LogP contribution in [0, 0.1) is 0 Å². The number of benzene rings is 1. The van der Waals surface area contributed by atoms with Crippen LogP contribution in [-0.2, 0) is 6.54 Å². The first-order valence-corrected chi connectivity index (χ1v) is 7.87. The maximum absolute atomic E-state index is 10.3. The van der Waals surface area contributed by atoms with Crippen molar-refractivity contribution in [3.8, 4) is 0 Å². The molecule has 0 aromatic heterocycles. The molecule has 1 aliphatic rings. The molecular formula is C16H25ClN2O. The van der Waals surface area contributed by atoms with Gasteiger partial charge >= 0.3 is 0 Å². The molecule has 0 radical (unpaired) electrons. The Morgan fingerprint density at radius 1 is 1.45 bits per heavy atom. The third-order valence-corrected chi connectivity index (χ3v) is 4.19. The Bertz CT molecular complexity index is 448. The Balaban J connectivity index is 2.19. The molecular weight excluding hydrogens is 272 g/mol. The van der Waals surface area contributed by atoms with E-state index in [9.17, 15) is 5.11 Å². The van der Waals surface area contributed by atoms with E-state index in [4.69, 9.17) is 11.6 Å². The molecule has 4 heteroatoms. The number of halogens is 1. The van der Waals surface area contributed by atoms with Crippen molar-refractivity contribution in [2.45, 2.75) is 45.3 Å². The Morgan fingerprint density at radius 3 is 2.95 bits per heavy atom. The Kier molecular flexibility index (Phi) is 5.30. The van der Waals surface area contributed by atoms with Crippen molar-refractivity contribution < 1.29 is 5.11 Å². The van der Waals surface area contributed by atoms with E-state index < -0.39 is 5.60 Å². The molecule has 3 nitrogen and oxygen atoms in total. The Labute approximate surface area is 126 Å². The molecule has 112 valence electrons. The number of aliphatic hydroxyl groups is 1. The minimum absolute atomic E-state index is 0.602. The number of hydrogen-bond acceptors (Lipinski definition) is 3. The van der Waals surface area contributed by atoms with Crippen molar-refractivity contribution in [2.24, 2.45) is 0 Å². The molecule has 1 aromatic carbocycles. The monoisotopic (exact) mass is 296 g/mol. The average molecular weight is 297 g/mol. The molecule has 2 N–H and O–H groups in total. The van der Waals surface area contributed by atoms with Gasteiger partial charge in [-0.2, -0.15) is 0 Å². The van der Waals surface area contributed by atoms with Crippen LogP contribution in [0.4, 0.5) is 5.69 Å². The van der Waals surface area contributed by atoms with E-state index in [2.05, 4.69) is 23.2 Å². The summed E-state index contributed by atoms with van der Waals surface area (Å²) in [5, 5.41) is 14.5. The molecule has 0 bridgehead atoms. The fourth-order valence-electron chi connectivity index (χ4n) is 2.83. The van der Waals surface area contributed by atoms with E-state index in [1.807, 2.05) is 19.1 Å². The zero-order valence-electron chi connectivity index (χ0n) is 12.5. The first-order chi connectivity index (χ1) is 9.53. The molecule has 1 aliphatic heterocycles. The highest BCUT2D eigenvalue weighted by atomic mass is 35.5. The predicted molar refractivity (Wildman–Crippen MR) is 85.5 cm³/mol. The molecule has 1 unspecified atom stereocenters. The fourth-order valence-corrected chi connectivity index (χ4v) is 3.07. The van der Waals surface area contributed by atoms with Crippen molar-refractivity contribution in [1.82, 2.24) is 5.32 Å². The van der Waals surface area contributed by atoms with Gasteiger partial charge in [0.25, 0.3) is 0 Å². The SMILES string of the molecule is CCCNCc1c(Cl)cccc1N1CCCC(C)(O)C1. The van der Waals surface area contributed by atoms with Crippen molar-refractivity contribution in [3.63, 3.8) is 0 Å². The number of anilines is 1. The summed E-state index contributed by atoms with van der Waals surface area (Å²) in [6, 6.07) is 6.04. The third-order valence-electron chi connectivity index (χ3n) is 3.84. The minimum atomic E-state index is -0.602. The molecule has 1 fully saturated rings. The van der Waals surface area contributed by atoms with Crippen LogP contribution in [0.25, 0.3) is 0 Å². The Morgan fingerprint density at radius 2 is 2.25 bits per heavy atom. The lowest BCUT2D eigenvalue weighted by molar-refractivity contribution is 0.0449.